The van der Waals surface area contributed by atoms with E-state index in [0.717, 1.165) is 12.0 Å². The number of halogens is 1. The molecule has 1 heterocycles. The van der Waals surface area contributed by atoms with E-state index in [4.69, 9.17) is 10.2 Å². The van der Waals surface area contributed by atoms with Crippen molar-refractivity contribution in [2.24, 2.45) is 5.73 Å². The zero-order chi connectivity index (χ0) is 17.4. The van der Waals surface area contributed by atoms with E-state index in [9.17, 15) is 9.59 Å². The summed E-state index contributed by atoms with van der Waals surface area (Å²) in [5, 5.41) is 2.69. The largest absolute Gasteiger partial charge is 0.472 e. The van der Waals surface area contributed by atoms with Crippen molar-refractivity contribution < 1.29 is 14.0 Å². The Balaban J connectivity index is 0.00000312. The molecular formula is C18H24ClN3O3. The van der Waals surface area contributed by atoms with Gasteiger partial charge in [0.2, 0.25) is 5.91 Å². The number of nitrogens with two attached hydrogens (primary N) is 1. The first-order valence-corrected chi connectivity index (χ1v) is 7.97. The Hall–Kier alpha value is -2.31. The van der Waals surface area contributed by atoms with E-state index in [0.29, 0.717) is 25.2 Å². The zero-order valence-electron chi connectivity index (χ0n) is 14.2. The van der Waals surface area contributed by atoms with Crippen molar-refractivity contribution in [2.75, 3.05) is 19.6 Å². The fraction of sp³-hybridized carbons (Fsp3) is 0.333. The van der Waals surface area contributed by atoms with E-state index >= 15 is 0 Å². The summed E-state index contributed by atoms with van der Waals surface area (Å²) >= 11 is 0. The van der Waals surface area contributed by atoms with Gasteiger partial charge in [0.25, 0.3) is 5.91 Å². The molecule has 25 heavy (non-hydrogen) atoms. The predicted molar refractivity (Wildman–Crippen MR) is 98.7 cm³/mol. The van der Waals surface area contributed by atoms with Crippen LogP contribution < -0.4 is 11.1 Å². The number of nitrogens with one attached hydrogen (secondary N) is 1. The molecular weight excluding hydrogens is 342 g/mol. The lowest BCUT2D eigenvalue weighted by atomic mass is 10.1. The van der Waals surface area contributed by atoms with Gasteiger partial charge in [0.05, 0.1) is 11.8 Å². The molecule has 2 rings (SSSR count). The van der Waals surface area contributed by atoms with Crippen LogP contribution in [0.5, 0.6) is 0 Å². The molecule has 0 aliphatic carbocycles. The third-order valence-corrected chi connectivity index (χ3v) is 3.73. The summed E-state index contributed by atoms with van der Waals surface area (Å²) in [5.41, 5.74) is 7.17. The number of carbonyl (C=O) groups excluding carboxylic acids is 2. The van der Waals surface area contributed by atoms with E-state index in [-0.39, 0.29) is 24.2 Å². The maximum Gasteiger partial charge on any atom is 0.255 e. The fourth-order valence-electron chi connectivity index (χ4n) is 2.41. The Morgan fingerprint density at radius 3 is 2.52 bits per heavy atom. The van der Waals surface area contributed by atoms with Crippen LogP contribution in [0.3, 0.4) is 0 Å². The van der Waals surface area contributed by atoms with Crippen LogP contribution >= 0.6 is 12.4 Å². The van der Waals surface area contributed by atoms with Crippen LogP contribution in [0.15, 0.2) is 53.3 Å². The average Bonchev–Trinajstić information content (AvgIpc) is 3.13. The van der Waals surface area contributed by atoms with Gasteiger partial charge in [-0.05, 0) is 25.0 Å². The SMILES string of the molecule is CC(NC(=O)c1ccoc1)C(=O)N(CCN)CCc1ccccc1.Cl. The van der Waals surface area contributed by atoms with E-state index in [1.54, 1.807) is 17.9 Å². The van der Waals surface area contributed by atoms with Crippen LogP contribution in [0.25, 0.3) is 0 Å². The second-order valence-electron chi connectivity index (χ2n) is 5.56. The molecule has 0 bridgehead atoms. The minimum atomic E-state index is -0.630. The predicted octanol–water partition coefficient (Wildman–Crippen LogP) is 1.85. The smallest absolute Gasteiger partial charge is 0.255 e. The lowest BCUT2D eigenvalue weighted by Gasteiger charge is -2.25. The van der Waals surface area contributed by atoms with Crippen molar-refractivity contribution in [1.82, 2.24) is 10.2 Å². The second kappa shape index (κ2) is 10.5. The molecule has 7 heteroatoms. The number of hydrogen-bond acceptors (Lipinski definition) is 4. The molecule has 0 saturated carbocycles. The Morgan fingerprint density at radius 2 is 1.92 bits per heavy atom. The molecule has 0 saturated heterocycles. The highest BCUT2D eigenvalue weighted by Crippen LogP contribution is 2.05. The minimum absolute atomic E-state index is 0. The second-order valence-corrected chi connectivity index (χ2v) is 5.56. The van der Waals surface area contributed by atoms with E-state index in [2.05, 4.69) is 5.32 Å². The lowest BCUT2D eigenvalue weighted by Crippen LogP contribution is -2.48. The van der Waals surface area contributed by atoms with Crippen LogP contribution in [0.2, 0.25) is 0 Å². The summed E-state index contributed by atoms with van der Waals surface area (Å²) in [6.07, 6.45) is 3.51. The van der Waals surface area contributed by atoms with Crippen molar-refractivity contribution in [3.8, 4) is 0 Å². The Morgan fingerprint density at radius 1 is 1.20 bits per heavy atom. The van der Waals surface area contributed by atoms with Gasteiger partial charge in [-0.25, -0.2) is 0 Å². The van der Waals surface area contributed by atoms with E-state index in [1.807, 2.05) is 30.3 Å². The summed E-state index contributed by atoms with van der Waals surface area (Å²) in [6.45, 7) is 3.07. The quantitative estimate of drug-likeness (QED) is 0.747. The van der Waals surface area contributed by atoms with Crippen LogP contribution in [0.4, 0.5) is 0 Å². The standard InChI is InChI=1S/C18H23N3O3.ClH/c1-14(20-17(22)16-8-12-24-13-16)18(23)21(11-9-19)10-7-15-5-3-2-4-6-15;/h2-6,8,12-14H,7,9-11,19H2,1H3,(H,20,22);1H. The monoisotopic (exact) mass is 365 g/mol. The summed E-state index contributed by atoms with van der Waals surface area (Å²) < 4.78 is 4.88. The Labute approximate surface area is 153 Å². The van der Waals surface area contributed by atoms with Crippen molar-refractivity contribution in [1.29, 1.82) is 0 Å². The molecule has 2 aromatic rings. The van der Waals surface area contributed by atoms with Gasteiger partial charge in [0.1, 0.15) is 12.3 Å². The van der Waals surface area contributed by atoms with E-state index < -0.39 is 6.04 Å². The molecule has 0 fully saturated rings. The van der Waals surface area contributed by atoms with Crippen LogP contribution in [0.1, 0.15) is 22.8 Å². The molecule has 0 spiro atoms. The molecule has 1 aromatic heterocycles. The number of rotatable bonds is 8. The van der Waals surface area contributed by atoms with Crippen LogP contribution in [-0.2, 0) is 11.2 Å². The van der Waals surface area contributed by atoms with Crippen LogP contribution in [0, 0.1) is 0 Å². The molecule has 0 aliphatic heterocycles. The molecule has 0 radical (unpaired) electrons. The fourth-order valence-corrected chi connectivity index (χ4v) is 2.41. The normalized spacial score (nSPS) is 11.3. The summed E-state index contributed by atoms with van der Waals surface area (Å²) in [7, 11) is 0. The van der Waals surface area contributed by atoms with Gasteiger partial charge in [-0.1, -0.05) is 30.3 Å². The first-order chi connectivity index (χ1) is 11.6. The number of nitrogens with zero attached hydrogens (tertiary/aromatic N) is 1. The van der Waals surface area contributed by atoms with Gasteiger partial charge in [-0.3, -0.25) is 9.59 Å². The molecule has 6 nitrogen and oxygen atoms in total. The highest BCUT2D eigenvalue weighted by Gasteiger charge is 2.22. The van der Waals surface area contributed by atoms with Gasteiger partial charge < -0.3 is 20.4 Å². The highest BCUT2D eigenvalue weighted by atomic mass is 35.5. The zero-order valence-corrected chi connectivity index (χ0v) is 15.0. The molecule has 2 amide bonds. The number of carbonyl (C=O) groups is 2. The Kier molecular flexibility index (Phi) is 8.74. The minimum Gasteiger partial charge on any atom is -0.472 e. The molecule has 136 valence electrons. The van der Waals surface area contributed by atoms with Gasteiger partial charge in [-0.2, -0.15) is 0 Å². The molecule has 1 aromatic carbocycles. The van der Waals surface area contributed by atoms with Gasteiger partial charge in [-0.15, -0.1) is 12.4 Å². The maximum atomic E-state index is 12.6. The molecule has 1 unspecified atom stereocenters. The third kappa shape index (κ3) is 6.25. The van der Waals surface area contributed by atoms with Crippen LogP contribution in [-0.4, -0.2) is 42.4 Å². The van der Waals surface area contributed by atoms with Crippen molar-refractivity contribution in [3.05, 3.63) is 60.1 Å². The van der Waals surface area contributed by atoms with Crippen molar-refractivity contribution >= 4 is 24.2 Å². The summed E-state index contributed by atoms with van der Waals surface area (Å²) in [4.78, 5) is 26.3. The molecule has 3 N–H and O–H groups in total. The first kappa shape index (κ1) is 20.7. The van der Waals surface area contributed by atoms with Gasteiger partial charge in [0.15, 0.2) is 0 Å². The average molecular weight is 366 g/mol. The first-order valence-electron chi connectivity index (χ1n) is 7.97. The summed E-state index contributed by atoms with van der Waals surface area (Å²) in [6, 6.07) is 10.9. The van der Waals surface area contributed by atoms with Crippen molar-refractivity contribution in [2.45, 2.75) is 19.4 Å². The molecule has 0 aliphatic rings. The number of hydrogen-bond donors (Lipinski definition) is 2. The van der Waals surface area contributed by atoms with E-state index in [1.165, 1.54) is 12.5 Å². The Bertz CT molecular complexity index is 647. The number of amides is 2. The third-order valence-electron chi connectivity index (χ3n) is 3.73. The summed E-state index contributed by atoms with van der Waals surface area (Å²) in [5.74, 6) is -0.478. The van der Waals surface area contributed by atoms with Crippen molar-refractivity contribution in [3.63, 3.8) is 0 Å². The number of benzene rings is 1. The number of furan rings is 1. The van der Waals surface area contributed by atoms with Gasteiger partial charge in [0, 0.05) is 19.6 Å². The topological polar surface area (TPSA) is 88.6 Å². The highest BCUT2D eigenvalue weighted by molar-refractivity contribution is 5.97. The van der Waals surface area contributed by atoms with Gasteiger partial charge >= 0.3 is 0 Å². The lowest BCUT2D eigenvalue weighted by molar-refractivity contribution is -0.132. The maximum absolute atomic E-state index is 12.6. The molecule has 1 atom stereocenters.